The first-order valence-corrected chi connectivity index (χ1v) is 7.23. The van der Waals surface area contributed by atoms with Crippen molar-refractivity contribution in [2.24, 2.45) is 5.92 Å². The minimum atomic E-state index is -0.0130. The van der Waals surface area contributed by atoms with Crippen molar-refractivity contribution in [3.63, 3.8) is 0 Å². The van der Waals surface area contributed by atoms with Crippen LogP contribution in [-0.2, 0) is 0 Å². The van der Waals surface area contributed by atoms with E-state index < -0.39 is 0 Å². The van der Waals surface area contributed by atoms with E-state index in [1.165, 1.54) is 12.8 Å². The number of nitrogen functional groups attached to an aromatic ring is 1. The molecule has 2 rings (SSSR count). The molecule has 20 heavy (non-hydrogen) atoms. The lowest BCUT2D eigenvalue weighted by molar-refractivity contribution is 0.0680. The van der Waals surface area contributed by atoms with Gasteiger partial charge in [0, 0.05) is 18.8 Å². The Hall–Kier alpha value is -1.71. The normalized spacial score (nSPS) is 22.4. The summed E-state index contributed by atoms with van der Waals surface area (Å²) in [4.78, 5) is 14.4. The Labute approximate surface area is 120 Å². The number of anilines is 1. The van der Waals surface area contributed by atoms with E-state index in [9.17, 15) is 4.79 Å². The first kappa shape index (κ1) is 14.7. The van der Waals surface area contributed by atoms with Crippen LogP contribution in [0.4, 0.5) is 5.69 Å². The molecule has 0 aliphatic heterocycles. The molecule has 1 aliphatic rings. The summed E-state index contributed by atoms with van der Waals surface area (Å²) >= 11 is 0. The average Bonchev–Trinajstić information content (AvgIpc) is 2.47. The minimum absolute atomic E-state index is 0.0130. The third kappa shape index (κ3) is 3.06. The summed E-state index contributed by atoms with van der Waals surface area (Å²) in [5.74, 6) is 1.42. The maximum Gasteiger partial charge on any atom is 0.256 e. The molecule has 1 saturated carbocycles. The van der Waals surface area contributed by atoms with Gasteiger partial charge in [-0.2, -0.15) is 0 Å². The van der Waals surface area contributed by atoms with Crippen LogP contribution in [0.2, 0.25) is 0 Å². The highest BCUT2D eigenvalue weighted by molar-refractivity contribution is 5.99. The lowest BCUT2D eigenvalue weighted by Gasteiger charge is -2.33. The number of carbonyl (C=O) groups is 1. The molecule has 2 N–H and O–H groups in total. The average molecular weight is 276 g/mol. The van der Waals surface area contributed by atoms with Gasteiger partial charge in [-0.25, -0.2) is 0 Å². The molecule has 0 spiro atoms. The molecule has 1 aromatic carbocycles. The molecule has 0 heterocycles. The highest BCUT2D eigenvalue weighted by Crippen LogP contribution is 2.28. The number of carbonyl (C=O) groups excluding carboxylic acids is 1. The number of amides is 1. The molecule has 0 unspecified atom stereocenters. The number of nitrogens with two attached hydrogens (primary N) is 1. The van der Waals surface area contributed by atoms with Gasteiger partial charge in [-0.3, -0.25) is 4.79 Å². The minimum Gasteiger partial charge on any atom is -0.497 e. The van der Waals surface area contributed by atoms with E-state index in [2.05, 4.69) is 6.92 Å². The van der Waals surface area contributed by atoms with Crippen LogP contribution in [0.5, 0.6) is 5.75 Å². The van der Waals surface area contributed by atoms with Crippen LogP contribution in [0.3, 0.4) is 0 Å². The molecular weight excluding hydrogens is 252 g/mol. The summed E-state index contributed by atoms with van der Waals surface area (Å²) in [6, 6.07) is 5.54. The van der Waals surface area contributed by atoms with Crippen molar-refractivity contribution in [3.8, 4) is 5.75 Å². The van der Waals surface area contributed by atoms with Crippen molar-refractivity contribution in [2.45, 2.75) is 38.6 Å². The van der Waals surface area contributed by atoms with Crippen LogP contribution >= 0.6 is 0 Å². The van der Waals surface area contributed by atoms with Crippen LogP contribution in [0.15, 0.2) is 18.2 Å². The van der Waals surface area contributed by atoms with Gasteiger partial charge in [0.05, 0.1) is 12.7 Å². The third-order valence-electron chi connectivity index (χ3n) is 4.34. The SMILES string of the molecule is COc1ccc(N)c(C(=O)N(C)C2CCC(C)CC2)c1. The highest BCUT2D eigenvalue weighted by atomic mass is 16.5. The summed E-state index contributed by atoms with van der Waals surface area (Å²) in [6.45, 7) is 2.28. The molecule has 0 radical (unpaired) electrons. The predicted molar refractivity (Wildman–Crippen MR) is 80.9 cm³/mol. The molecule has 1 aromatic rings. The van der Waals surface area contributed by atoms with Gasteiger partial charge < -0.3 is 15.4 Å². The van der Waals surface area contributed by atoms with Crippen molar-refractivity contribution >= 4 is 11.6 Å². The lowest BCUT2D eigenvalue weighted by atomic mass is 9.86. The largest absolute Gasteiger partial charge is 0.497 e. The summed E-state index contributed by atoms with van der Waals surface area (Å²) in [5.41, 5.74) is 6.97. The molecule has 110 valence electrons. The molecule has 1 amide bonds. The first-order chi connectivity index (χ1) is 9.52. The van der Waals surface area contributed by atoms with Crippen LogP contribution in [0.1, 0.15) is 43.0 Å². The monoisotopic (exact) mass is 276 g/mol. The Morgan fingerprint density at radius 3 is 2.55 bits per heavy atom. The van der Waals surface area contributed by atoms with Gasteiger partial charge in [0.25, 0.3) is 5.91 Å². The lowest BCUT2D eigenvalue weighted by Crippen LogP contribution is -2.39. The second kappa shape index (κ2) is 6.16. The first-order valence-electron chi connectivity index (χ1n) is 7.23. The Kier molecular flexibility index (Phi) is 4.53. The van der Waals surface area contributed by atoms with Gasteiger partial charge in [0.1, 0.15) is 5.75 Å². The number of benzene rings is 1. The predicted octanol–water partition coefficient (Wildman–Crippen LogP) is 2.93. The molecule has 1 aliphatic carbocycles. The zero-order valence-corrected chi connectivity index (χ0v) is 12.6. The summed E-state index contributed by atoms with van der Waals surface area (Å²) in [6.07, 6.45) is 4.53. The highest BCUT2D eigenvalue weighted by Gasteiger charge is 2.26. The van der Waals surface area contributed by atoms with Crippen molar-refractivity contribution in [1.82, 2.24) is 4.90 Å². The Morgan fingerprint density at radius 2 is 1.95 bits per heavy atom. The van der Waals surface area contributed by atoms with Crippen molar-refractivity contribution in [2.75, 3.05) is 19.9 Å². The molecule has 0 atom stereocenters. The number of ether oxygens (including phenoxy) is 1. The summed E-state index contributed by atoms with van der Waals surface area (Å²) in [7, 11) is 3.47. The van der Waals surface area contributed by atoms with Crippen LogP contribution in [0, 0.1) is 5.92 Å². The van der Waals surface area contributed by atoms with Crippen LogP contribution in [-0.4, -0.2) is 31.0 Å². The van der Waals surface area contributed by atoms with E-state index in [0.717, 1.165) is 18.8 Å². The standard InChI is InChI=1S/C16H24N2O2/c1-11-4-6-12(7-5-11)18(2)16(19)14-10-13(20-3)8-9-15(14)17/h8-12H,4-7,17H2,1-3H3. The maximum absolute atomic E-state index is 12.6. The van der Waals surface area contributed by atoms with Gasteiger partial charge in [-0.05, 0) is 49.8 Å². The number of nitrogens with zero attached hydrogens (tertiary/aromatic N) is 1. The van der Waals surface area contributed by atoms with E-state index in [4.69, 9.17) is 10.5 Å². The van der Waals surface area contributed by atoms with E-state index in [1.807, 2.05) is 11.9 Å². The number of hydrogen-bond donors (Lipinski definition) is 1. The van der Waals surface area contributed by atoms with Gasteiger partial charge in [-0.15, -0.1) is 0 Å². The summed E-state index contributed by atoms with van der Waals surface area (Å²) in [5, 5.41) is 0. The quantitative estimate of drug-likeness (QED) is 0.864. The van der Waals surface area contributed by atoms with Gasteiger partial charge in [0.15, 0.2) is 0 Å². The van der Waals surface area contributed by atoms with E-state index >= 15 is 0 Å². The molecule has 4 heteroatoms. The number of methoxy groups -OCH3 is 1. The zero-order valence-electron chi connectivity index (χ0n) is 12.6. The second-order valence-electron chi connectivity index (χ2n) is 5.78. The Balaban J connectivity index is 2.14. The van der Waals surface area contributed by atoms with Crippen molar-refractivity contribution in [3.05, 3.63) is 23.8 Å². The third-order valence-corrected chi connectivity index (χ3v) is 4.34. The molecule has 4 nitrogen and oxygen atoms in total. The smallest absolute Gasteiger partial charge is 0.256 e. The zero-order chi connectivity index (χ0) is 14.7. The van der Waals surface area contributed by atoms with Gasteiger partial charge in [-0.1, -0.05) is 6.92 Å². The van der Waals surface area contributed by atoms with E-state index in [1.54, 1.807) is 25.3 Å². The molecule has 1 fully saturated rings. The van der Waals surface area contributed by atoms with Crippen molar-refractivity contribution < 1.29 is 9.53 Å². The molecule has 0 aromatic heterocycles. The molecule has 0 bridgehead atoms. The molecule has 0 saturated heterocycles. The van der Waals surface area contributed by atoms with Crippen molar-refractivity contribution in [1.29, 1.82) is 0 Å². The van der Waals surface area contributed by atoms with Crippen LogP contribution in [0.25, 0.3) is 0 Å². The second-order valence-corrected chi connectivity index (χ2v) is 5.78. The fourth-order valence-corrected chi connectivity index (χ4v) is 2.83. The maximum atomic E-state index is 12.6. The Bertz CT molecular complexity index is 479. The fourth-order valence-electron chi connectivity index (χ4n) is 2.83. The topological polar surface area (TPSA) is 55.6 Å². The van der Waals surface area contributed by atoms with E-state index in [-0.39, 0.29) is 5.91 Å². The van der Waals surface area contributed by atoms with Crippen LogP contribution < -0.4 is 10.5 Å². The van der Waals surface area contributed by atoms with Gasteiger partial charge >= 0.3 is 0 Å². The number of hydrogen-bond acceptors (Lipinski definition) is 3. The van der Waals surface area contributed by atoms with Gasteiger partial charge in [0.2, 0.25) is 0 Å². The Morgan fingerprint density at radius 1 is 1.30 bits per heavy atom. The van der Waals surface area contributed by atoms with E-state index in [0.29, 0.717) is 23.0 Å². The molecular formula is C16H24N2O2. The fraction of sp³-hybridized carbons (Fsp3) is 0.562. The summed E-state index contributed by atoms with van der Waals surface area (Å²) < 4.78 is 5.17. The number of rotatable bonds is 3.